The number of hydrogen-bond donors (Lipinski definition) is 1. The fraction of sp³-hybridized carbons (Fsp3) is 0.286. The molecule has 0 bridgehead atoms. The SMILES string of the molecule is CCCNc1nccc(Oc2ccc(C)cc2[N+](=O)[O-])n1. The van der Waals surface area contributed by atoms with E-state index >= 15 is 0 Å². The Bertz CT molecular complexity index is 646. The molecule has 7 nitrogen and oxygen atoms in total. The van der Waals surface area contributed by atoms with Gasteiger partial charge in [0.1, 0.15) is 0 Å². The average molecular weight is 288 g/mol. The molecule has 0 saturated heterocycles. The van der Waals surface area contributed by atoms with Crippen LogP contribution in [0.1, 0.15) is 18.9 Å². The number of nitro benzene ring substituents is 1. The largest absolute Gasteiger partial charge is 0.432 e. The first kappa shape index (κ1) is 14.7. The Morgan fingerprint density at radius 3 is 2.90 bits per heavy atom. The van der Waals surface area contributed by atoms with Gasteiger partial charge in [0, 0.05) is 24.9 Å². The van der Waals surface area contributed by atoms with E-state index in [9.17, 15) is 10.1 Å². The van der Waals surface area contributed by atoms with Crippen molar-refractivity contribution >= 4 is 11.6 Å². The van der Waals surface area contributed by atoms with Crippen molar-refractivity contribution in [3.8, 4) is 11.6 Å². The Balaban J connectivity index is 2.24. The van der Waals surface area contributed by atoms with Gasteiger partial charge in [-0.25, -0.2) is 4.98 Å². The number of aromatic nitrogens is 2. The van der Waals surface area contributed by atoms with Crippen molar-refractivity contribution in [2.75, 3.05) is 11.9 Å². The molecule has 2 rings (SSSR count). The van der Waals surface area contributed by atoms with Gasteiger partial charge in [-0.1, -0.05) is 13.0 Å². The normalized spacial score (nSPS) is 10.2. The van der Waals surface area contributed by atoms with Crippen LogP contribution >= 0.6 is 0 Å². The van der Waals surface area contributed by atoms with Crippen LogP contribution in [0.4, 0.5) is 11.6 Å². The van der Waals surface area contributed by atoms with Gasteiger partial charge in [-0.2, -0.15) is 4.98 Å². The lowest BCUT2D eigenvalue weighted by Gasteiger charge is -2.07. The molecule has 0 aliphatic rings. The molecule has 1 heterocycles. The molecule has 0 aliphatic carbocycles. The second-order valence-electron chi connectivity index (χ2n) is 4.48. The molecule has 1 aromatic carbocycles. The second kappa shape index (κ2) is 6.65. The third-order valence-electron chi connectivity index (χ3n) is 2.69. The summed E-state index contributed by atoms with van der Waals surface area (Å²) in [5.41, 5.74) is 0.707. The first-order valence-corrected chi connectivity index (χ1v) is 6.60. The van der Waals surface area contributed by atoms with E-state index in [-0.39, 0.29) is 17.3 Å². The fourth-order valence-corrected chi connectivity index (χ4v) is 1.69. The predicted octanol–water partition coefficient (Wildman–Crippen LogP) is 3.31. The number of nitrogens with zero attached hydrogens (tertiary/aromatic N) is 3. The van der Waals surface area contributed by atoms with Gasteiger partial charge in [0.25, 0.3) is 0 Å². The van der Waals surface area contributed by atoms with Crippen molar-refractivity contribution in [1.29, 1.82) is 0 Å². The molecule has 0 aliphatic heterocycles. The third kappa shape index (κ3) is 3.88. The van der Waals surface area contributed by atoms with E-state index in [1.165, 1.54) is 6.07 Å². The van der Waals surface area contributed by atoms with Crippen LogP contribution in [0.3, 0.4) is 0 Å². The van der Waals surface area contributed by atoms with Gasteiger partial charge in [0.05, 0.1) is 4.92 Å². The van der Waals surface area contributed by atoms with E-state index in [2.05, 4.69) is 15.3 Å². The predicted molar refractivity (Wildman–Crippen MR) is 78.7 cm³/mol. The van der Waals surface area contributed by atoms with E-state index in [1.807, 2.05) is 6.92 Å². The van der Waals surface area contributed by atoms with Crippen LogP contribution in [0.2, 0.25) is 0 Å². The minimum Gasteiger partial charge on any atom is -0.432 e. The highest BCUT2D eigenvalue weighted by molar-refractivity contribution is 5.49. The van der Waals surface area contributed by atoms with Crippen molar-refractivity contribution in [3.63, 3.8) is 0 Å². The smallest absolute Gasteiger partial charge is 0.311 e. The summed E-state index contributed by atoms with van der Waals surface area (Å²) in [6.45, 7) is 4.56. The van der Waals surface area contributed by atoms with Gasteiger partial charge in [0.15, 0.2) is 0 Å². The number of anilines is 1. The minimum atomic E-state index is -0.472. The van der Waals surface area contributed by atoms with Gasteiger partial charge in [0.2, 0.25) is 17.6 Å². The summed E-state index contributed by atoms with van der Waals surface area (Å²) < 4.78 is 5.51. The maximum absolute atomic E-state index is 11.1. The zero-order chi connectivity index (χ0) is 15.2. The maximum Gasteiger partial charge on any atom is 0.311 e. The number of ether oxygens (including phenoxy) is 1. The molecule has 7 heteroatoms. The quantitative estimate of drug-likeness (QED) is 0.647. The standard InChI is InChI=1S/C14H16N4O3/c1-3-7-15-14-16-8-6-13(17-14)21-12-5-4-10(2)9-11(12)18(19)20/h4-6,8-9H,3,7H2,1-2H3,(H,15,16,17). The zero-order valence-corrected chi connectivity index (χ0v) is 11.9. The van der Waals surface area contributed by atoms with Gasteiger partial charge in [-0.15, -0.1) is 0 Å². The summed E-state index contributed by atoms with van der Waals surface area (Å²) in [4.78, 5) is 18.8. The van der Waals surface area contributed by atoms with E-state index in [0.717, 1.165) is 18.5 Å². The van der Waals surface area contributed by atoms with Crippen molar-refractivity contribution in [1.82, 2.24) is 9.97 Å². The number of aryl methyl sites for hydroxylation is 1. The molecular formula is C14H16N4O3. The number of nitro groups is 1. The number of hydrogen-bond acceptors (Lipinski definition) is 6. The Labute approximate surface area is 122 Å². The van der Waals surface area contributed by atoms with Crippen molar-refractivity contribution in [2.24, 2.45) is 0 Å². The molecule has 110 valence electrons. The Kier molecular flexibility index (Phi) is 4.65. The third-order valence-corrected chi connectivity index (χ3v) is 2.69. The summed E-state index contributed by atoms with van der Waals surface area (Å²) >= 11 is 0. The van der Waals surface area contributed by atoms with Crippen LogP contribution in [0, 0.1) is 17.0 Å². The first-order valence-electron chi connectivity index (χ1n) is 6.60. The molecule has 1 N–H and O–H groups in total. The fourth-order valence-electron chi connectivity index (χ4n) is 1.69. The summed E-state index contributed by atoms with van der Waals surface area (Å²) in [6, 6.07) is 6.34. The first-order chi connectivity index (χ1) is 10.1. The van der Waals surface area contributed by atoms with Crippen LogP contribution in [-0.4, -0.2) is 21.4 Å². The summed E-state index contributed by atoms with van der Waals surface area (Å²) in [5.74, 6) is 0.852. The lowest BCUT2D eigenvalue weighted by Crippen LogP contribution is -2.04. The summed E-state index contributed by atoms with van der Waals surface area (Å²) in [6.07, 6.45) is 2.48. The van der Waals surface area contributed by atoms with Crippen LogP contribution in [0.15, 0.2) is 30.5 Å². The van der Waals surface area contributed by atoms with E-state index < -0.39 is 4.92 Å². The molecular weight excluding hydrogens is 272 g/mol. The highest BCUT2D eigenvalue weighted by Crippen LogP contribution is 2.31. The molecule has 2 aromatic rings. The van der Waals surface area contributed by atoms with Crippen molar-refractivity contribution < 1.29 is 9.66 Å². The van der Waals surface area contributed by atoms with Crippen LogP contribution in [0.25, 0.3) is 0 Å². The molecule has 0 radical (unpaired) electrons. The number of benzene rings is 1. The summed E-state index contributed by atoms with van der Waals surface area (Å²) in [5, 5.41) is 14.1. The monoisotopic (exact) mass is 288 g/mol. The van der Waals surface area contributed by atoms with Gasteiger partial charge in [-0.05, 0) is 25.0 Å². The van der Waals surface area contributed by atoms with Crippen molar-refractivity contribution in [3.05, 3.63) is 46.1 Å². The molecule has 0 unspecified atom stereocenters. The molecule has 0 saturated carbocycles. The molecule has 0 spiro atoms. The lowest BCUT2D eigenvalue weighted by atomic mass is 10.2. The average Bonchev–Trinajstić information content (AvgIpc) is 2.47. The van der Waals surface area contributed by atoms with Gasteiger partial charge in [-0.3, -0.25) is 10.1 Å². The van der Waals surface area contributed by atoms with Crippen molar-refractivity contribution in [2.45, 2.75) is 20.3 Å². The lowest BCUT2D eigenvalue weighted by molar-refractivity contribution is -0.385. The number of rotatable bonds is 6. The number of nitrogens with one attached hydrogen (secondary N) is 1. The highest BCUT2D eigenvalue weighted by Gasteiger charge is 2.16. The van der Waals surface area contributed by atoms with E-state index in [0.29, 0.717) is 5.95 Å². The van der Waals surface area contributed by atoms with E-state index in [1.54, 1.807) is 31.3 Å². The molecule has 0 amide bonds. The van der Waals surface area contributed by atoms with E-state index in [4.69, 9.17) is 4.74 Å². The maximum atomic E-state index is 11.1. The molecule has 21 heavy (non-hydrogen) atoms. The Morgan fingerprint density at radius 2 is 2.19 bits per heavy atom. The van der Waals surface area contributed by atoms with Crippen LogP contribution in [-0.2, 0) is 0 Å². The van der Waals surface area contributed by atoms with Crippen LogP contribution in [0.5, 0.6) is 11.6 Å². The molecule has 1 aromatic heterocycles. The minimum absolute atomic E-state index is 0.0864. The highest BCUT2D eigenvalue weighted by atomic mass is 16.6. The second-order valence-corrected chi connectivity index (χ2v) is 4.48. The molecule has 0 atom stereocenters. The molecule has 0 fully saturated rings. The van der Waals surface area contributed by atoms with Crippen LogP contribution < -0.4 is 10.1 Å². The summed E-state index contributed by atoms with van der Waals surface area (Å²) in [7, 11) is 0. The Morgan fingerprint density at radius 1 is 1.38 bits per heavy atom. The van der Waals surface area contributed by atoms with Gasteiger partial charge >= 0.3 is 5.69 Å². The van der Waals surface area contributed by atoms with Gasteiger partial charge < -0.3 is 10.1 Å². The topological polar surface area (TPSA) is 90.2 Å². The Hall–Kier alpha value is -2.70. The zero-order valence-electron chi connectivity index (χ0n) is 11.9.